The molecule has 7 nitrogen and oxygen atoms in total. The molecular formula is C21H26F3N5O2. The molecule has 31 heavy (non-hydrogen) atoms. The van der Waals surface area contributed by atoms with Crippen molar-refractivity contribution in [2.45, 2.75) is 26.6 Å². The second-order valence-electron chi connectivity index (χ2n) is 6.54. The average Bonchev–Trinajstić information content (AvgIpc) is 2.74. The third kappa shape index (κ3) is 7.47. The quantitative estimate of drug-likeness (QED) is 0.397. The fraction of sp³-hybridized carbons (Fsp3) is 0.381. The van der Waals surface area contributed by atoms with Crippen LogP contribution in [-0.2, 0) is 4.79 Å². The number of halogens is 3. The van der Waals surface area contributed by atoms with Crippen molar-refractivity contribution in [3.63, 3.8) is 0 Å². The Bertz CT molecular complexity index is 840. The number of aromatic nitrogens is 1. The van der Waals surface area contributed by atoms with Gasteiger partial charge in [0.05, 0.1) is 17.6 Å². The van der Waals surface area contributed by atoms with Crippen molar-refractivity contribution < 1.29 is 22.7 Å². The highest BCUT2D eigenvalue weighted by atomic mass is 19.4. The van der Waals surface area contributed by atoms with E-state index in [-0.39, 0.29) is 5.91 Å². The molecule has 0 bridgehead atoms. The molecule has 0 aliphatic carbocycles. The lowest BCUT2D eigenvalue weighted by Gasteiger charge is -2.36. The molecule has 1 aliphatic rings. The molecule has 0 saturated carbocycles. The van der Waals surface area contributed by atoms with Crippen LogP contribution in [0, 0.1) is 0 Å². The molecule has 1 aromatic rings. The van der Waals surface area contributed by atoms with E-state index >= 15 is 0 Å². The number of hydrogen-bond donors (Lipinski definition) is 1. The maximum atomic E-state index is 12.3. The summed E-state index contributed by atoms with van der Waals surface area (Å²) >= 11 is 0. The van der Waals surface area contributed by atoms with Gasteiger partial charge in [-0.1, -0.05) is 25.7 Å². The largest absolute Gasteiger partial charge is 0.574 e. The standard InChI is InChI=1S/C21H26F3N5O2/c1-4-7-17(27-16-8-9-18(26-15-16)31-21(22,23)24)20(25-10-5-2)29-13-11-28(12-14-29)19(30)6-3/h5-10,15,27H,3-4,11-14H2,1-2H3/b10-5-,17-7-,25-20+. The minimum Gasteiger partial charge on any atom is -0.388 e. The number of amidine groups is 1. The van der Waals surface area contributed by atoms with Gasteiger partial charge < -0.3 is 19.9 Å². The number of carbonyl (C=O) groups excluding carboxylic acids is 1. The molecular weight excluding hydrogens is 411 g/mol. The monoisotopic (exact) mass is 437 g/mol. The smallest absolute Gasteiger partial charge is 0.388 e. The summed E-state index contributed by atoms with van der Waals surface area (Å²) in [6, 6.07) is 2.59. The molecule has 10 heteroatoms. The molecule has 2 heterocycles. The number of nitrogens with one attached hydrogen (secondary N) is 1. The van der Waals surface area contributed by atoms with Crippen LogP contribution in [0.25, 0.3) is 0 Å². The highest BCUT2D eigenvalue weighted by Gasteiger charge is 2.31. The Morgan fingerprint density at radius 3 is 2.48 bits per heavy atom. The molecule has 1 fully saturated rings. The van der Waals surface area contributed by atoms with Crippen LogP contribution >= 0.6 is 0 Å². The highest BCUT2D eigenvalue weighted by molar-refractivity contribution is 6.01. The van der Waals surface area contributed by atoms with E-state index in [4.69, 9.17) is 0 Å². The Balaban J connectivity index is 2.20. The number of piperazine rings is 1. The second kappa shape index (κ2) is 11.2. The first kappa shape index (κ1) is 24.0. The SMILES string of the molecule is C=CC(=O)N1CCN(C(=N/C=C\C)/C(=C/CC)Nc2ccc(OC(F)(F)F)nc2)CC1. The number of ether oxygens (including phenoxy) is 1. The molecule has 1 N–H and O–H groups in total. The topological polar surface area (TPSA) is 70.1 Å². The minimum absolute atomic E-state index is 0.110. The van der Waals surface area contributed by atoms with Crippen molar-refractivity contribution in [3.8, 4) is 5.88 Å². The van der Waals surface area contributed by atoms with Crippen LogP contribution in [0.3, 0.4) is 0 Å². The minimum atomic E-state index is -4.79. The van der Waals surface area contributed by atoms with Gasteiger partial charge >= 0.3 is 6.36 Å². The number of anilines is 1. The first-order valence-electron chi connectivity index (χ1n) is 9.82. The molecule has 2 rings (SSSR count). The van der Waals surface area contributed by atoms with Gasteiger partial charge in [0, 0.05) is 38.4 Å². The summed E-state index contributed by atoms with van der Waals surface area (Å²) in [6.45, 7) is 9.56. The summed E-state index contributed by atoms with van der Waals surface area (Å²) < 4.78 is 40.8. The van der Waals surface area contributed by atoms with Crippen LogP contribution in [-0.4, -0.2) is 59.1 Å². The van der Waals surface area contributed by atoms with Crippen LogP contribution in [0.4, 0.5) is 18.9 Å². The van der Waals surface area contributed by atoms with Crippen molar-refractivity contribution in [2.75, 3.05) is 31.5 Å². The second-order valence-corrected chi connectivity index (χ2v) is 6.54. The summed E-state index contributed by atoms with van der Waals surface area (Å²) in [5.41, 5.74) is 1.18. The number of pyridine rings is 1. The van der Waals surface area contributed by atoms with Gasteiger partial charge in [-0.2, -0.15) is 0 Å². The normalized spacial score (nSPS) is 15.9. The van der Waals surface area contributed by atoms with Gasteiger partial charge in [0.15, 0.2) is 5.84 Å². The van der Waals surface area contributed by atoms with Gasteiger partial charge in [0.2, 0.25) is 11.8 Å². The summed E-state index contributed by atoms with van der Waals surface area (Å²) in [7, 11) is 0. The Labute approximate surface area is 179 Å². The zero-order valence-corrected chi connectivity index (χ0v) is 17.5. The summed E-state index contributed by atoms with van der Waals surface area (Å²) in [4.78, 5) is 23.9. The summed E-state index contributed by atoms with van der Waals surface area (Å²) in [6.07, 6.45) is 3.87. The Kier molecular flexibility index (Phi) is 8.65. The number of nitrogens with zero attached hydrogens (tertiary/aromatic N) is 4. The van der Waals surface area contributed by atoms with Gasteiger partial charge in [-0.15, -0.1) is 13.2 Å². The van der Waals surface area contributed by atoms with Crippen molar-refractivity contribution >= 4 is 17.4 Å². The fourth-order valence-corrected chi connectivity index (χ4v) is 2.93. The third-order valence-corrected chi connectivity index (χ3v) is 4.30. The first-order valence-corrected chi connectivity index (χ1v) is 9.82. The van der Waals surface area contributed by atoms with E-state index in [1.54, 1.807) is 17.2 Å². The zero-order chi connectivity index (χ0) is 22.9. The van der Waals surface area contributed by atoms with Crippen LogP contribution in [0.5, 0.6) is 5.88 Å². The fourth-order valence-electron chi connectivity index (χ4n) is 2.93. The Morgan fingerprint density at radius 2 is 1.97 bits per heavy atom. The molecule has 0 aromatic carbocycles. The van der Waals surface area contributed by atoms with Crippen LogP contribution in [0.1, 0.15) is 20.3 Å². The third-order valence-electron chi connectivity index (χ3n) is 4.30. The molecule has 168 valence electrons. The maximum Gasteiger partial charge on any atom is 0.574 e. The number of carbonyl (C=O) groups is 1. The molecule has 0 unspecified atom stereocenters. The average molecular weight is 437 g/mol. The van der Waals surface area contributed by atoms with E-state index < -0.39 is 12.2 Å². The number of hydrogen-bond acceptors (Lipinski definition) is 5. The Hall–Kier alpha value is -3.30. The lowest BCUT2D eigenvalue weighted by Crippen LogP contribution is -2.51. The van der Waals surface area contributed by atoms with Gasteiger partial charge in [0.25, 0.3) is 0 Å². The van der Waals surface area contributed by atoms with Gasteiger partial charge in [0.1, 0.15) is 0 Å². The van der Waals surface area contributed by atoms with Crippen molar-refractivity contribution in [1.82, 2.24) is 14.8 Å². The molecule has 0 atom stereocenters. The van der Waals surface area contributed by atoms with Crippen molar-refractivity contribution in [3.05, 3.63) is 55.0 Å². The molecule has 0 spiro atoms. The predicted octanol–water partition coefficient (Wildman–Crippen LogP) is 3.95. The van der Waals surface area contributed by atoms with E-state index in [9.17, 15) is 18.0 Å². The van der Waals surface area contributed by atoms with E-state index in [0.29, 0.717) is 49.8 Å². The molecule has 1 amide bonds. The summed E-state index contributed by atoms with van der Waals surface area (Å²) in [5, 5.41) is 3.18. The van der Waals surface area contributed by atoms with Gasteiger partial charge in [-0.25, -0.2) is 9.98 Å². The van der Waals surface area contributed by atoms with Crippen LogP contribution in [0.2, 0.25) is 0 Å². The lowest BCUT2D eigenvalue weighted by molar-refractivity contribution is -0.276. The van der Waals surface area contributed by atoms with Crippen molar-refractivity contribution in [1.29, 1.82) is 0 Å². The highest BCUT2D eigenvalue weighted by Crippen LogP contribution is 2.22. The zero-order valence-electron chi connectivity index (χ0n) is 17.5. The first-order chi connectivity index (χ1) is 14.8. The van der Waals surface area contributed by atoms with E-state index in [1.165, 1.54) is 18.3 Å². The Morgan fingerprint density at radius 1 is 1.29 bits per heavy atom. The predicted molar refractivity (Wildman–Crippen MR) is 114 cm³/mol. The molecule has 0 radical (unpaired) electrons. The molecule has 1 saturated heterocycles. The number of aliphatic imine (C=N–C) groups is 1. The van der Waals surface area contributed by atoms with Gasteiger partial charge in [-0.05, 0) is 25.5 Å². The van der Waals surface area contributed by atoms with E-state index in [2.05, 4.69) is 31.5 Å². The number of allylic oxidation sites excluding steroid dienone is 2. The number of rotatable bonds is 7. The van der Waals surface area contributed by atoms with Crippen LogP contribution < -0.4 is 10.1 Å². The number of alkyl halides is 3. The maximum absolute atomic E-state index is 12.3. The van der Waals surface area contributed by atoms with Crippen molar-refractivity contribution in [2.24, 2.45) is 4.99 Å². The van der Waals surface area contributed by atoms with E-state index in [1.807, 2.05) is 19.9 Å². The summed E-state index contributed by atoms with van der Waals surface area (Å²) in [5.74, 6) is 0.0208. The van der Waals surface area contributed by atoms with Gasteiger partial charge in [-0.3, -0.25) is 4.79 Å². The van der Waals surface area contributed by atoms with E-state index in [0.717, 1.165) is 6.07 Å². The van der Waals surface area contributed by atoms with Crippen LogP contribution in [0.15, 0.2) is 60.0 Å². The molecule has 1 aromatic heterocycles. The lowest BCUT2D eigenvalue weighted by atomic mass is 10.2. The number of amides is 1. The molecule has 1 aliphatic heterocycles.